The van der Waals surface area contributed by atoms with Gasteiger partial charge >= 0.3 is 0 Å². The number of aromatic nitrogens is 1. The van der Waals surface area contributed by atoms with Crippen LogP contribution in [-0.2, 0) is 0 Å². The molecule has 0 amide bonds. The van der Waals surface area contributed by atoms with Crippen LogP contribution in [0, 0.1) is 6.92 Å². The highest BCUT2D eigenvalue weighted by atomic mass is 16.5. The summed E-state index contributed by atoms with van der Waals surface area (Å²) in [6.45, 7) is 1.84. The number of ether oxygens (including phenoxy) is 3. The molecule has 0 aliphatic rings. The second-order valence-corrected chi connectivity index (χ2v) is 5.59. The third-order valence-corrected chi connectivity index (χ3v) is 3.88. The molecular formula is C20H19NO4. The van der Waals surface area contributed by atoms with Gasteiger partial charge in [0, 0.05) is 22.7 Å². The lowest BCUT2D eigenvalue weighted by atomic mass is 10.1. The molecule has 0 unspecified atom stereocenters. The van der Waals surface area contributed by atoms with E-state index in [4.69, 9.17) is 14.2 Å². The van der Waals surface area contributed by atoms with Crippen molar-refractivity contribution < 1.29 is 19.0 Å². The molecule has 3 rings (SSSR count). The Morgan fingerprint density at radius 2 is 1.64 bits per heavy atom. The highest BCUT2D eigenvalue weighted by Crippen LogP contribution is 2.29. The predicted molar refractivity (Wildman–Crippen MR) is 95.9 cm³/mol. The van der Waals surface area contributed by atoms with Crippen LogP contribution in [0.5, 0.6) is 17.2 Å². The average Bonchev–Trinajstić information content (AvgIpc) is 2.65. The summed E-state index contributed by atoms with van der Waals surface area (Å²) in [6, 6.07) is 14.4. The van der Waals surface area contributed by atoms with Gasteiger partial charge in [-0.05, 0) is 49.4 Å². The van der Waals surface area contributed by atoms with Crippen LogP contribution in [0.1, 0.15) is 16.1 Å². The normalized spacial score (nSPS) is 10.5. The quantitative estimate of drug-likeness (QED) is 0.640. The molecule has 0 N–H and O–H groups in total. The van der Waals surface area contributed by atoms with Crippen LogP contribution >= 0.6 is 0 Å². The highest BCUT2D eigenvalue weighted by molar-refractivity contribution is 5.97. The predicted octanol–water partition coefficient (Wildman–Crippen LogP) is 3.82. The Hall–Kier alpha value is -3.08. The van der Waals surface area contributed by atoms with Crippen molar-refractivity contribution in [3.05, 3.63) is 59.8 Å². The fourth-order valence-electron chi connectivity index (χ4n) is 2.55. The summed E-state index contributed by atoms with van der Waals surface area (Å²) >= 11 is 0. The molecule has 0 atom stereocenters. The first-order valence-corrected chi connectivity index (χ1v) is 7.86. The average molecular weight is 337 g/mol. The third kappa shape index (κ3) is 3.71. The third-order valence-electron chi connectivity index (χ3n) is 3.88. The summed E-state index contributed by atoms with van der Waals surface area (Å²) in [6.07, 6.45) is 0. The zero-order valence-corrected chi connectivity index (χ0v) is 14.4. The maximum absolute atomic E-state index is 12.4. The van der Waals surface area contributed by atoms with Gasteiger partial charge in [0.15, 0.2) is 12.4 Å². The Kier molecular flexibility index (Phi) is 4.84. The number of carbonyl (C=O) groups is 1. The van der Waals surface area contributed by atoms with Gasteiger partial charge in [-0.25, -0.2) is 0 Å². The maximum Gasteiger partial charge on any atom is 0.200 e. The van der Waals surface area contributed by atoms with Crippen LogP contribution in [0.2, 0.25) is 0 Å². The van der Waals surface area contributed by atoms with E-state index in [0.717, 1.165) is 16.6 Å². The monoisotopic (exact) mass is 337 g/mol. The SMILES string of the molecule is COc1ccc(C(=O)COc2cc(C)nc3ccc(OC)cc23)cc1. The lowest BCUT2D eigenvalue weighted by Crippen LogP contribution is -2.12. The number of methoxy groups -OCH3 is 2. The van der Waals surface area contributed by atoms with Gasteiger partial charge in [-0.3, -0.25) is 9.78 Å². The number of aryl methyl sites for hydroxylation is 1. The molecule has 2 aromatic carbocycles. The number of benzene rings is 2. The Bertz CT molecular complexity index is 903. The van der Waals surface area contributed by atoms with E-state index >= 15 is 0 Å². The lowest BCUT2D eigenvalue weighted by molar-refractivity contribution is 0.0922. The molecule has 0 bridgehead atoms. The summed E-state index contributed by atoms with van der Waals surface area (Å²) < 4.78 is 16.2. The molecule has 0 radical (unpaired) electrons. The Morgan fingerprint density at radius 3 is 2.32 bits per heavy atom. The molecule has 1 heterocycles. The molecule has 25 heavy (non-hydrogen) atoms. The fourth-order valence-corrected chi connectivity index (χ4v) is 2.55. The maximum atomic E-state index is 12.4. The van der Waals surface area contributed by atoms with Crippen LogP contribution in [0.4, 0.5) is 0 Å². The first kappa shape index (κ1) is 16.8. The van der Waals surface area contributed by atoms with Gasteiger partial charge < -0.3 is 14.2 Å². The van der Waals surface area contributed by atoms with Gasteiger partial charge in [-0.1, -0.05) is 0 Å². The summed E-state index contributed by atoms with van der Waals surface area (Å²) in [5.74, 6) is 1.93. The smallest absolute Gasteiger partial charge is 0.200 e. The highest BCUT2D eigenvalue weighted by Gasteiger charge is 2.11. The van der Waals surface area contributed by atoms with E-state index in [1.807, 2.05) is 31.2 Å². The van der Waals surface area contributed by atoms with Gasteiger partial charge in [0.25, 0.3) is 0 Å². The van der Waals surface area contributed by atoms with Crippen molar-refractivity contribution in [3.63, 3.8) is 0 Å². The van der Waals surface area contributed by atoms with Gasteiger partial charge in [0.1, 0.15) is 17.2 Å². The second kappa shape index (κ2) is 7.21. The molecule has 0 fully saturated rings. The zero-order valence-electron chi connectivity index (χ0n) is 14.4. The number of pyridine rings is 1. The van der Waals surface area contributed by atoms with Crippen LogP contribution in [0.3, 0.4) is 0 Å². The summed E-state index contributed by atoms with van der Waals surface area (Å²) in [5, 5.41) is 0.812. The van der Waals surface area contributed by atoms with Crippen molar-refractivity contribution in [2.24, 2.45) is 0 Å². The van der Waals surface area contributed by atoms with Crippen LogP contribution < -0.4 is 14.2 Å². The standard InChI is InChI=1S/C20H19NO4/c1-13-10-20(17-11-16(24-3)8-9-18(17)21-13)25-12-19(22)14-4-6-15(23-2)7-5-14/h4-11H,12H2,1-3H3. The van der Waals surface area contributed by atoms with Crippen molar-refractivity contribution in [2.45, 2.75) is 6.92 Å². The molecule has 3 aromatic rings. The molecule has 0 saturated carbocycles. The first-order chi connectivity index (χ1) is 12.1. The topological polar surface area (TPSA) is 57.7 Å². The number of ketones is 1. The van der Waals surface area contributed by atoms with Gasteiger partial charge in [0.05, 0.1) is 19.7 Å². The van der Waals surface area contributed by atoms with Crippen LogP contribution in [0.25, 0.3) is 10.9 Å². The summed E-state index contributed by atoms with van der Waals surface area (Å²) in [7, 11) is 3.20. The Balaban J connectivity index is 1.83. The number of fused-ring (bicyclic) bond motifs is 1. The van der Waals surface area contributed by atoms with Gasteiger partial charge in [0.2, 0.25) is 0 Å². The lowest BCUT2D eigenvalue weighted by Gasteiger charge is -2.11. The second-order valence-electron chi connectivity index (χ2n) is 5.59. The Morgan fingerprint density at radius 1 is 0.960 bits per heavy atom. The molecule has 0 saturated heterocycles. The minimum atomic E-state index is -0.104. The number of carbonyl (C=O) groups excluding carboxylic acids is 1. The van der Waals surface area contributed by atoms with Crippen molar-refractivity contribution in [1.29, 1.82) is 0 Å². The van der Waals surface area contributed by atoms with E-state index in [2.05, 4.69) is 4.98 Å². The van der Waals surface area contributed by atoms with Crippen molar-refractivity contribution in [1.82, 2.24) is 4.98 Å². The molecule has 0 aliphatic carbocycles. The van der Waals surface area contributed by atoms with E-state index in [0.29, 0.717) is 22.8 Å². The summed E-state index contributed by atoms with van der Waals surface area (Å²) in [5.41, 5.74) is 2.20. The fraction of sp³-hybridized carbons (Fsp3) is 0.200. The molecular weight excluding hydrogens is 318 g/mol. The molecule has 0 aliphatic heterocycles. The van der Waals surface area contributed by atoms with Crippen molar-refractivity contribution >= 4 is 16.7 Å². The molecule has 128 valence electrons. The zero-order chi connectivity index (χ0) is 17.8. The minimum absolute atomic E-state index is 0.0535. The van der Waals surface area contributed by atoms with Gasteiger partial charge in [-0.15, -0.1) is 0 Å². The summed E-state index contributed by atoms with van der Waals surface area (Å²) in [4.78, 5) is 16.8. The van der Waals surface area contributed by atoms with E-state index in [9.17, 15) is 4.79 Å². The van der Waals surface area contributed by atoms with E-state index < -0.39 is 0 Å². The minimum Gasteiger partial charge on any atom is -0.497 e. The van der Waals surface area contributed by atoms with E-state index in [1.54, 1.807) is 38.5 Å². The Labute approximate surface area is 146 Å². The largest absolute Gasteiger partial charge is 0.497 e. The number of nitrogens with zero attached hydrogens (tertiary/aromatic N) is 1. The van der Waals surface area contributed by atoms with E-state index in [1.165, 1.54) is 0 Å². The van der Waals surface area contributed by atoms with Crippen LogP contribution in [0.15, 0.2) is 48.5 Å². The van der Waals surface area contributed by atoms with Crippen molar-refractivity contribution in [3.8, 4) is 17.2 Å². The van der Waals surface area contributed by atoms with Crippen LogP contribution in [-0.4, -0.2) is 31.6 Å². The number of Topliss-reactive ketones (excluding diaryl/α,β-unsaturated/α-hetero) is 1. The molecule has 1 aromatic heterocycles. The molecule has 5 nitrogen and oxygen atoms in total. The first-order valence-electron chi connectivity index (χ1n) is 7.86. The number of rotatable bonds is 6. The molecule has 5 heteroatoms. The van der Waals surface area contributed by atoms with Gasteiger partial charge in [-0.2, -0.15) is 0 Å². The van der Waals surface area contributed by atoms with E-state index in [-0.39, 0.29) is 12.4 Å². The number of hydrogen-bond acceptors (Lipinski definition) is 5. The molecule has 0 spiro atoms. The number of hydrogen-bond donors (Lipinski definition) is 0. The van der Waals surface area contributed by atoms with Crippen molar-refractivity contribution in [2.75, 3.05) is 20.8 Å².